The van der Waals surface area contributed by atoms with Crippen LogP contribution in [0, 0.1) is 6.92 Å². The van der Waals surface area contributed by atoms with Gasteiger partial charge in [-0.05, 0) is 30.7 Å². The summed E-state index contributed by atoms with van der Waals surface area (Å²) in [4.78, 5) is 16.9. The average Bonchev–Trinajstić information content (AvgIpc) is 3.14. The van der Waals surface area contributed by atoms with Crippen LogP contribution in [-0.4, -0.2) is 15.5 Å². The van der Waals surface area contributed by atoms with E-state index in [1.165, 1.54) is 6.26 Å². The Kier molecular flexibility index (Phi) is 4.21. The Morgan fingerprint density at radius 3 is 2.61 bits per heavy atom. The number of amides is 1. The molecule has 0 aliphatic rings. The molecule has 2 aromatic heterocycles. The summed E-state index contributed by atoms with van der Waals surface area (Å²) < 4.78 is 7.14. The van der Waals surface area contributed by atoms with Crippen LogP contribution < -0.4 is 5.32 Å². The minimum atomic E-state index is -0.399. The third-order valence-corrected chi connectivity index (χ3v) is 3.92. The zero-order valence-corrected chi connectivity index (χ0v) is 13.5. The Balaban J connectivity index is 1.96. The van der Waals surface area contributed by atoms with Crippen LogP contribution in [0.4, 0.5) is 0 Å². The molecule has 2 heterocycles. The van der Waals surface area contributed by atoms with Gasteiger partial charge in [-0.3, -0.25) is 4.79 Å². The minimum Gasteiger partial charge on any atom is -0.459 e. The third-order valence-electron chi connectivity index (χ3n) is 3.66. The summed E-state index contributed by atoms with van der Waals surface area (Å²) in [6.45, 7) is 1.83. The standard InChI is InChI=1S/C17H16ClN3O2/c1-11-7-10-23-15(11)17(22)20-14(16-19-8-9-21(16)2)12-3-5-13(18)6-4-12/h3-10,14H,1-2H3,(H,20,22)/t14-/m1/s1. The van der Waals surface area contributed by atoms with Crippen LogP contribution in [0.3, 0.4) is 0 Å². The number of furan rings is 1. The number of imidazole rings is 1. The molecule has 118 valence electrons. The summed E-state index contributed by atoms with van der Waals surface area (Å²) in [6.07, 6.45) is 5.04. The quantitative estimate of drug-likeness (QED) is 0.797. The minimum absolute atomic E-state index is 0.282. The summed E-state index contributed by atoms with van der Waals surface area (Å²) in [6, 6.07) is 8.68. The Labute approximate surface area is 138 Å². The average molecular weight is 330 g/mol. The molecule has 0 fully saturated rings. The maximum atomic E-state index is 12.5. The van der Waals surface area contributed by atoms with Crippen molar-refractivity contribution >= 4 is 17.5 Å². The Morgan fingerprint density at radius 1 is 1.30 bits per heavy atom. The fourth-order valence-corrected chi connectivity index (χ4v) is 2.54. The summed E-state index contributed by atoms with van der Waals surface area (Å²) in [5.74, 6) is 0.749. The third kappa shape index (κ3) is 3.14. The second-order valence-corrected chi connectivity index (χ2v) is 5.72. The fraction of sp³-hybridized carbons (Fsp3) is 0.176. The van der Waals surface area contributed by atoms with E-state index in [2.05, 4.69) is 10.3 Å². The molecule has 6 heteroatoms. The monoisotopic (exact) mass is 329 g/mol. The number of halogens is 1. The van der Waals surface area contributed by atoms with Gasteiger partial charge in [-0.15, -0.1) is 0 Å². The van der Waals surface area contributed by atoms with Crippen LogP contribution in [0.5, 0.6) is 0 Å². The summed E-state index contributed by atoms with van der Waals surface area (Å²) in [5.41, 5.74) is 1.68. The number of carbonyl (C=O) groups is 1. The molecule has 5 nitrogen and oxygen atoms in total. The van der Waals surface area contributed by atoms with E-state index in [9.17, 15) is 4.79 Å². The van der Waals surface area contributed by atoms with Gasteiger partial charge in [0.05, 0.1) is 6.26 Å². The van der Waals surface area contributed by atoms with E-state index < -0.39 is 6.04 Å². The lowest BCUT2D eigenvalue weighted by Crippen LogP contribution is -2.31. The predicted molar refractivity (Wildman–Crippen MR) is 87.4 cm³/mol. The van der Waals surface area contributed by atoms with Gasteiger partial charge in [-0.1, -0.05) is 23.7 Å². The second kappa shape index (κ2) is 6.30. The topological polar surface area (TPSA) is 60.1 Å². The molecule has 1 amide bonds. The number of aryl methyl sites for hydroxylation is 2. The van der Waals surface area contributed by atoms with Crippen molar-refractivity contribution in [2.24, 2.45) is 7.05 Å². The molecule has 0 saturated carbocycles. The Morgan fingerprint density at radius 2 is 2.04 bits per heavy atom. The predicted octanol–water partition coefficient (Wildman–Crippen LogP) is 3.49. The Bertz CT molecular complexity index is 820. The Hall–Kier alpha value is -2.53. The van der Waals surface area contributed by atoms with Crippen molar-refractivity contribution in [3.63, 3.8) is 0 Å². The van der Waals surface area contributed by atoms with E-state index in [1.807, 2.05) is 36.9 Å². The number of carbonyl (C=O) groups excluding carboxylic acids is 1. The van der Waals surface area contributed by atoms with Gasteiger partial charge in [0.1, 0.15) is 11.9 Å². The smallest absolute Gasteiger partial charge is 0.288 e. The maximum Gasteiger partial charge on any atom is 0.288 e. The van der Waals surface area contributed by atoms with Gasteiger partial charge < -0.3 is 14.3 Å². The highest BCUT2D eigenvalue weighted by Crippen LogP contribution is 2.23. The van der Waals surface area contributed by atoms with E-state index in [1.54, 1.807) is 24.4 Å². The molecular formula is C17H16ClN3O2. The zero-order chi connectivity index (χ0) is 16.4. The van der Waals surface area contributed by atoms with Crippen LogP contribution >= 0.6 is 11.6 Å². The number of nitrogens with one attached hydrogen (secondary N) is 1. The lowest BCUT2D eigenvalue weighted by atomic mass is 10.1. The molecule has 1 atom stereocenters. The van der Waals surface area contributed by atoms with Gasteiger partial charge in [-0.2, -0.15) is 0 Å². The number of nitrogens with zero attached hydrogens (tertiary/aromatic N) is 2. The van der Waals surface area contributed by atoms with Gasteiger partial charge in [0.2, 0.25) is 0 Å². The van der Waals surface area contributed by atoms with Crippen molar-refractivity contribution in [2.45, 2.75) is 13.0 Å². The molecular weight excluding hydrogens is 314 g/mol. The van der Waals surface area contributed by atoms with Crippen LogP contribution in [0.15, 0.2) is 53.4 Å². The molecule has 0 spiro atoms. The first-order chi connectivity index (χ1) is 11.1. The van der Waals surface area contributed by atoms with Crippen molar-refractivity contribution in [3.05, 3.63) is 76.7 Å². The number of aromatic nitrogens is 2. The van der Waals surface area contributed by atoms with Gasteiger partial charge in [0.15, 0.2) is 5.76 Å². The number of rotatable bonds is 4. The van der Waals surface area contributed by atoms with E-state index in [0.717, 1.165) is 17.0 Å². The molecule has 0 radical (unpaired) electrons. The van der Waals surface area contributed by atoms with Gasteiger partial charge in [0, 0.05) is 30.0 Å². The van der Waals surface area contributed by atoms with Crippen LogP contribution in [0.2, 0.25) is 5.02 Å². The van der Waals surface area contributed by atoms with Crippen molar-refractivity contribution in [1.82, 2.24) is 14.9 Å². The van der Waals surface area contributed by atoms with Crippen LogP contribution in [0.1, 0.15) is 33.5 Å². The van der Waals surface area contributed by atoms with Gasteiger partial charge in [0.25, 0.3) is 5.91 Å². The molecule has 0 bridgehead atoms. The van der Waals surface area contributed by atoms with Crippen LogP contribution in [0.25, 0.3) is 0 Å². The molecule has 0 saturated heterocycles. The normalized spacial score (nSPS) is 12.1. The second-order valence-electron chi connectivity index (χ2n) is 5.29. The first kappa shape index (κ1) is 15.4. The zero-order valence-electron chi connectivity index (χ0n) is 12.8. The molecule has 3 rings (SSSR count). The molecule has 23 heavy (non-hydrogen) atoms. The van der Waals surface area contributed by atoms with Crippen molar-refractivity contribution in [1.29, 1.82) is 0 Å². The maximum absolute atomic E-state index is 12.5. The van der Waals surface area contributed by atoms with Crippen LogP contribution in [-0.2, 0) is 7.05 Å². The van der Waals surface area contributed by atoms with E-state index in [-0.39, 0.29) is 5.91 Å². The first-order valence-corrected chi connectivity index (χ1v) is 7.51. The van der Waals surface area contributed by atoms with E-state index in [0.29, 0.717) is 10.8 Å². The summed E-state index contributed by atoms with van der Waals surface area (Å²) >= 11 is 5.96. The first-order valence-electron chi connectivity index (χ1n) is 7.14. The van der Waals surface area contributed by atoms with E-state index >= 15 is 0 Å². The highest BCUT2D eigenvalue weighted by atomic mass is 35.5. The molecule has 1 N–H and O–H groups in total. The summed E-state index contributed by atoms with van der Waals surface area (Å²) in [5, 5.41) is 3.62. The highest BCUT2D eigenvalue weighted by Gasteiger charge is 2.23. The number of benzene rings is 1. The van der Waals surface area contributed by atoms with Crippen molar-refractivity contribution < 1.29 is 9.21 Å². The lowest BCUT2D eigenvalue weighted by molar-refractivity contribution is 0.0912. The van der Waals surface area contributed by atoms with Crippen molar-refractivity contribution in [2.75, 3.05) is 0 Å². The fourth-order valence-electron chi connectivity index (χ4n) is 2.41. The largest absolute Gasteiger partial charge is 0.459 e. The highest BCUT2D eigenvalue weighted by molar-refractivity contribution is 6.30. The van der Waals surface area contributed by atoms with Gasteiger partial charge >= 0.3 is 0 Å². The van der Waals surface area contributed by atoms with E-state index in [4.69, 9.17) is 16.0 Å². The molecule has 0 unspecified atom stereocenters. The van der Waals surface area contributed by atoms with Crippen molar-refractivity contribution in [3.8, 4) is 0 Å². The molecule has 0 aliphatic carbocycles. The SMILES string of the molecule is Cc1ccoc1C(=O)N[C@H](c1ccc(Cl)cc1)c1nccn1C. The lowest BCUT2D eigenvalue weighted by Gasteiger charge is -2.19. The number of hydrogen-bond acceptors (Lipinski definition) is 3. The number of hydrogen-bond donors (Lipinski definition) is 1. The molecule has 3 aromatic rings. The molecule has 0 aliphatic heterocycles. The van der Waals surface area contributed by atoms with Gasteiger partial charge in [-0.25, -0.2) is 4.98 Å². The molecule has 1 aromatic carbocycles. The summed E-state index contributed by atoms with van der Waals surface area (Å²) in [7, 11) is 1.88.